The molecule has 0 aliphatic heterocycles. The van der Waals surface area contributed by atoms with Gasteiger partial charge in [-0.05, 0) is 5.56 Å². The third-order valence-corrected chi connectivity index (χ3v) is 2.96. The van der Waals surface area contributed by atoms with Crippen LogP contribution < -0.4 is 5.73 Å². The van der Waals surface area contributed by atoms with Gasteiger partial charge in [0.2, 0.25) is 0 Å². The number of hydrogen-bond donors (Lipinski definition) is 1. The molecule has 88 valence electrons. The molecule has 17 heavy (non-hydrogen) atoms. The van der Waals surface area contributed by atoms with Crippen LogP contribution in [0.25, 0.3) is 0 Å². The predicted molar refractivity (Wildman–Crippen MR) is 66.5 cm³/mol. The zero-order chi connectivity index (χ0) is 12.1. The first-order valence-electron chi connectivity index (χ1n) is 5.14. The highest BCUT2D eigenvalue weighted by Crippen LogP contribution is 2.15. The van der Waals surface area contributed by atoms with Gasteiger partial charge in [0.25, 0.3) is 0 Å². The van der Waals surface area contributed by atoms with Crippen LogP contribution in [-0.4, -0.2) is 11.0 Å². The third kappa shape index (κ3) is 3.57. The lowest BCUT2D eigenvalue weighted by atomic mass is 10.2. The van der Waals surface area contributed by atoms with Crippen molar-refractivity contribution in [2.45, 2.75) is 13.0 Å². The van der Waals surface area contributed by atoms with Gasteiger partial charge in [-0.15, -0.1) is 11.3 Å². The van der Waals surface area contributed by atoms with Crippen LogP contribution >= 0.6 is 11.3 Å². The van der Waals surface area contributed by atoms with Crippen molar-refractivity contribution >= 4 is 22.4 Å². The molecule has 0 spiro atoms. The lowest BCUT2D eigenvalue weighted by molar-refractivity contribution is -0.144. The SMILES string of the molecule is Nc1ncc(CC(=O)OCc2ccccc2)s1. The molecule has 1 aromatic carbocycles. The van der Waals surface area contributed by atoms with Gasteiger partial charge in [-0.3, -0.25) is 4.79 Å². The molecule has 0 unspecified atom stereocenters. The van der Waals surface area contributed by atoms with Crippen molar-refractivity contribution in [3.05, 3.63) is 47.0 Å². The van der Waals surface area contributed by atoms with Crippen LogP contribution in [0.2, 0.25) is 0 Å². The zero-order valence-electron chi connectivity index (χ0n) is 9.13. The van der Waals surface area contributed by atoms with Crippen LogP contribution in [0, 0.1) is 0 Å². The summed E-state index contributed by atoms with van der Waals surface area (Å²) in [4.78, 5) is 16.2. The molecule has 0 fully saturated rings. The highest BCUT2D eigenvalue weighted by atomic mass is 32.1. The van der Waals surface area contributed by atoms with E-state index in [0.29, 0.717) is 11.7 Å². The number of nitrogen functional groups attached to an aromatic ring is 1. The van der Waals surface area contributed by atoms with Crippen molar-refractivity contribution in [2.75, 3.05) is 5.73 Å². The number of thiazole rings is 1. The molecular weight excluding hydrogens is 236 g/mol. The van der Waals surface area contributed by atoms with Crippen LogP contribution in [0.5, 0.6) is 0 Å². The summed E-state index contributed by atoms with van der Waals surface area (Å²) < 4.78 is 5.14. The first-order chi connectivity index (χ1) is 8.24. The molecular formula is C12H12N2O2S. The Labute approximate surface area is 103 Å². The van der Waals surface area contributed by atoms with Crippen molar-refractivity contribution in [3.8, 4) is 0 Å². The average Bonchev–Trinajstić information content (AvgIpc) is 2.73. The quantitative estimate of drug-likeness (QED) is 0.841. The third-order valence-electron chi connectivity index (χ3n) is 2.13. The van der Waals surface area contributed by atoms with Gasteiger partial charge in [0.15, 0.2) is 5.13 Å². The summed E-state index contributed by atoms with van der Waals surface area (Å²) in [6.45, 7) is 0.300. The fraction of sp³-hybridized carbons (Fsp3) is 0.167. The van der Waals surface area contributed by atoms with Crippen molar-refractivity contribution in [1.82, 2.24) is 4.98 Å². The molecule has 0 atom stereocenters. The number of nitrogens with two attached hydrogens (primary N) is 1. The Morgan fingerprint density at radius 2 is 2.12 bits per heavy atom. The molecule has 0 saturated heterocycles. The van der Waals surface area contributed by atoms with E-state index in [1.807, 2.05) is 30.3 Å². The Hall–Kier alpha value is -1.88. The van der Waals surface area contributed by atoms with E-state index in [1.165, 1.54) is 11.3 Å². The van der Waals surface area contributed by atoms with E-state index >= 15 is 0 Å². The summed E-state index contributed by atoms with van der Waals surface area (Å²) in [6.07, 6.45) is 1.82. The van der Waals surface area contributed by atoms with Crippen LogP contribution in [0.4, 0.5) is 5.13 Å². The molecule has 0 aliphatic rings. The second-order valence-electron chi connectivity index (χ2n) is 3.49. The minimum atomic E-state index is -0.266. The number of anilines is 1. The fourth-order valence-electron chi connectivity index (χ4n) is 1.34. The normalized spacial score (nSPS) is 10.1. The summed E-state index contributed by atoms with van der Waals surface area (Å²) in [5.74, 6) is -0.266. The standard InChI is InChI=1S/C12H12N2O2S/c13-12-14-7-10(17-12)6-11(15)16-8-9-4-2-1-3-5-9/h1-5,7H,6,8H2,(H2,13,14). The number of nitrogens with zero attached hydrogens (tertiary/aromatic N) is 1. The van der Waals surface area contributed by atoms with Crippen LogP contribution in [-0.2, 0) is 22.6 Å². The highest BCUT2D eigenvalue weighted by molar-refractivity contribution is 7.15. The van der Waals surface area contributed by atoms with Crippen molar-refractivity contribution in [2.24, 2.45) is 0 Å². The van der Waals surface area contributed by atoms with Crippen LogP contribution in [0.3, 0.4) is 0 Å². The molecule has 1 aromatic heterocycles. The minimum Gasteiger partial charge on any atom is -0.461 e. The Kier molecular flexibility index (Phi) is 3.72. The number of hydrogen-bond acceptors (Lipinski definition) is 5. The molecule has 0 aliphatic carbocycles. The molecule has 2 aromatic rings. The Morgan fingerprint density at radius 1 is 1.35 bits per heavy atom. The number of carbonyl (C=O) groups excluding carboxylic acids is 1. The maximum Gasteiger partial charge on any atom is 0.311 e. The first kappa shape index (κ1) is 11.6. The van der Waals surface area contributed by atoms with E-state index in [9.17, 15) is 4.79 Å². The second kappa shape index (κ2) is 5.45. The molecule has 0 radical (unpaired) electrons. The van der Waals surface area contributed by atoms with Gasteiger partial charge in [0, 0.05) is 11.1 Å². The number of carbonyl (C=O) groups is 1. The Bertz CT molecular complexity index is 496. The summed E-state index contributed by atoms with van der Waals surface area (Å²) in [5, 5.41) is 0.468. The van der Waals surface area contributed by atoms with Crippen molar-refractivity contribution in [3.63, 3.8) is 0 Å². The molecule has 1 heterocycles. The van der Waals surface area contributed by atoms with Crippen molar-refractivity contribution in [1.29, 1.82) is 0 Å². The molecule has 4 nitrogen and oxygen atoms in total. The molecule has 5 heteroatoms. The number of aromatic nitrogens is 1. The van der Waals surface area contributed by atoms with E-state index in [4.69, 9.17) is 10.5 Å². The second-order valence-corrected chi connectivity index (χ2v) is 4.63. The summed E-state index contributed by atoms with van der Waals surface area (Å²) in [7, 11) is 0. The Morgan fingerprint density at radius 3 is 2.76 bits per heavy atom. The van der Waals surface area contributed by atoms with Gasteiger partial charge < -0.3 is 10.5 Å². The molecule has 2 N–H and O–H groups in total. The van der Waals surface area contributed by atoms with Gasteiger partial charge in [-0.1, -0.05) is 30.3 Å². The van der Waals surface area contributed by atoms with E-state index in [2.05, 4.69) is 4.98 Å². The number of rotatable bonds is 4. The van der Waals surface area contributed by atoms with E-state index < -0.39 is 0 Å². The van der Waals surface area contributed by atoms with E-state index in [0.717, 1.165) is 10.4 Å². The summed E-state index contributed by atoms with van der Waals surface area (Å²) in [5.41, 5.74) is 6.45. The minimum absolute atomic E-state index is 0.224. The van der Waals surface area contributed by atoms with E-state index in [1.54, 1.807) is 6.20 Å². The summed E-state index contributed by atoms with van der Waals surface area (Å²) in [6, 6.07) is 9.57. The van der Waals surface area contributed by atoms with E-state index in [-0.39, 0.29) is 12.4 Å². The lowest BCUT2D eigenvalue weighted by Crippen LogP contribution is -2.06. The summed E-state index contributed by atoms with van der Waals surface area (Å²) >= 11 is 1.30. The monoisotopic (exact) mass is 248 g/mol. The van der Waals surface area contributed by atoms with Gasteiger partial charge >= 0.3 is 5.97 Å². The van der Waals surface area contributed by atoms with Gasteiger partial charge in [0.05, 0.1) is 6.42 Å². The highest BCUT2D eigenvalue weighted by Gasteiger charge is 2.07. The lowest BCUT2D eigenvalue weighted by Gasteiger charge is -2.03. The molecule has 0 saturated carbocycles. The maximum atomic E-state index is 11.5. The zero-order valence-corrected chi connectivity index (χ0v) is 9.94. The van der Waals surface area contributed by atoms with Crippen LogP contribution in [0.15, 0.2) is 36.5 Å². The van der Waals surface area contributed by atoms with Crippen LogP contribution in [0.1, 0.15) is 10.4 Å². The predicted octanol–water partition coefficient (Wildman–Crippen LogP) is 2.01. The van der Waals surface area contributed by atoms with Gasteiger partial charge in [-0.2, -0.15) is 0 Å². The molecule has 0 bridgehead atoms. The largest absolute Gasteiger partial charge is 0.461 e. The fourth-order valence-corrected chi connectivity index (χ4v) is 2.01. The van der Waals surface area contributed by atoms with Gasteiger partial charge in [0.1, 0.15) is 6.61 Å². The first-order valence-corrected chi connectivity index (χ1v) is 5.95. The number of esters is 1. The Balaban J connectivity index is 1.82. The average molecular weight is 248 g/mol. The number of ether oxygens (including phenoxy) is 1. The molecule has 0 amide bonds. The number of benzene rings is 1. The van der Waals surface area contributed by atoms with Gasteiger partial charge in [-0.25, -0.2) is 4.98 Å². The topological polar surface area (TPSA) is 65.2 Å². The maximum absolute atomic E-state index is 11.5. The molecule has 2 rings (SSSR count). The van der Waals surface area contributed by atoms with Crippen molar-refractivity contribution < 1.29 is 9.53 Å². The smallest absolute Gasteiger partial charge is 0.311 e.